The molecule has 0 unspecified atom stereocenters. The van der Waals surface area contributed by atoms with Crippen LogP contribution in [-0.4, -0.2) is 29.0 Å². The fourth-order valence-corrected chi connectivity index (χ4v) is 3.04. The van der Waals surface area contributed by atoms with Crippen LogP contribution in [0.25, 0.3) is 0 Å². The van der Waals surface area contributed by atoms with Crippen LogP contribution in [0, 0.1) is 17.2 Å². The molecule has 1 aromatic heterocycles. The third kappa shape index (κ3) is 4.80. The second-order valence-electron chi connectivity index (χ2n) is 6.36. The summed E-state index contributed by atoms with van der Waals surface area (Å²) in [7, 11) is 0. The fourth-order valence-electron chi connectivity index (χ4n) is 3.04. The number of aromatic nitrogens is 1. The smallest absolute Gasteiger partial charge is 0.321 e. The van der Waals surface area contributed by atoms with Crippen molar-refractivity contribution in [2.75, 3.05) is 18.4 Å². The highest BCUT2D eigenvalue weighted by Gasteiger charge is 2.23. The summed E-state index contributed by atoms with van der Waals surface area (Å²) >= 11 is 0. The van der Waals surface area contributed by atoms with E-state index in [4.69, 9.17) is 5.26 Å². The quantitative estimate of drug-likeness (QED) is 0.928. The van der Waals surface area contributed by atoms with E-state index in [0.717, 1.165) is 37.1 Å². The van der Waals surface area contributed by atoms with E-state index in [9.17, 15) is 4.79 Å². The highest BCUT2D eigenvalue weighted by Crippen LogP contribution is 2.17. The molecule has 1 fully saturated rings. The van der Waals surface area contributed by atoms with Crippen molar-refractivity contribution in [2.24, 2.45) is 5.92 Å². The maximum Gasteiger partial charge on any atom is 0.321 e. The number of hydrogen-bond acceptors (Lipinski definition) is 3. The predicted octanol–water partition coefficient (Wildman–Crippen LogP) is 3.63. The summed E-state index contributed by atoms with van der Waals surface area (Å²) in [5.74, 6) is -0.0477. The lowest BCUT2D eigenvalue weighted by Crippen LogP contribution is -2.42. The largest absolute Gasteiger partial charge is 0.323 e. The molecule has 0 bridgehead atoms. The fraction of sp³-hybridized carbons (Fsp3) is 0.350. The SMILES string of the molecule is N#C[C@@H]1CCCN(C(=O)Nc2ccc(CCc3ccccn3)cc2)C1. The standard InChI is InChI=1S/C20H22N4O/c21-14-17-4-3-13-24(15-17)20(25)23-19-10-7-16(8-11-19)6-9-18-5-1-2-12-22-18/h1-2,5,7-8,10-12,17H,3-4,6,9,13,15H2,(H,23,25)/t17-/m0/s1. The molecule has 1 aliphatic rings. The number of nitrogens with zero attached hydrogens (tertiary/aromatic N) is 3. The number of rotatable bonds is 4. The minimum Gasteiger partial charge on any atom is -0.323 e. The maximum atomic E-state index is 12.3. The number of carbonyl (C=O) groups is 1. The molecule has 2 aromatic rings. The van der Waals surface area contributed by atoms with Crippen LogP contribution in [0.4, 0.5) is 10.5 Å². The molecule has 1 atom stereocenters. The van der Waals surface area contributed by atoms with E-state index in [1.54, 1.807) is 4.90 Å². The van der Waals surface area contributed by atoms with Gasteiger partial charge < -0.3 is 10.2 Å². The number of amides is 2. The summed E-state index contributed by atoms with van der Waals surface area (Å²) < 4.78 is 0. The van der Waals surface area contributed by atoms with Crippen LogP contribution in [0.15, 0.2) is 48.7 Å². The number of urea groups is 1. The van der Waals surface area contributed by atoms with Crippen molar-refractivity contribution < 1.29 is 4.79 Å². The molecule has 0 aliphatic carbocycles. The van der Waals surface area contributed by atoms with Crippen LogP contribution >= 0.6 is 0 Å². The molecular formula is C20H22N4O. The average Bonchev–Trinajstić information content (AvgIpc) is 2.68. The predicted molar refractivity (Wildman–Crippen MR) is 97.0 cm³/mol. The Labute approximate surface area is 148 Å². The number of piperidine rings is 1. The van der Waals surface area contributed by atoms with E-state index in [1.165, 1.54) is 5.56 Å². The van der Waals surface area contributed by atoms with Crippen LogP contribution in [0.3, 0.4) is 0 Å². The van der Waals surface area contributed by atoms with Crippen molar-refractivity contribution in [3.05, 3.63) is 59.9 Å². The zero-order valence-electron chi connectivity index (χ0n) is 14.2. The van der Waals surface area contributed by atoms with Crippen molar-refractivity contribution in [1.82, 2.24) is 9.88 Å². The number of nitriles is 1. The summed E-state index contributed by atoms with van der Waals surface area (Å²) in [6.45, 7) is 1.23. The van der Waals surface area contributed by atoms with E-state index in [2.05, 4.69) is 16.4 Å². The lowest BCUT2D eigenvalue weighted by molar-refractivity contribution is 0.189. The van der Waals surface area contributed by atoms with Gasteiger partial charge >= 0.3 is 6.03 Å². The van der Waals surface area contributed by atoms with Crippen molar-refractivity contribution in [2.45, 2.75) is 25.7 Å². The Bertz CT molecular complexity index is 737. The van der Waals surface area contributed by atoms with Crippen molar-refractivity contribution in [1.29, 1.82) is 5.26 Å². The Kier molecular flexibility index (Phi) is 5.63. The Morgan fingerprint density at radius 2 is 2.08 bits per heavy atom. The van der Waals surface area contributed by atoms with Gasteiger partial charge in [0.05, 0.1) is 12.0 Å². The second-order valence-corrected chi connectivity index (χ2v) is 6.36. The number of hydrogen-bond donors (Lipinski definition) is 1. The summed E-state index contributed by atoms with van der Waals surface area (Å²) in [6.07, 6.45) is 5.39. The van der Waals surface area contributed by atoms with Crippen molar-refractivity contribution in [3.63, 3.8) is 0 Å². The normalized spacial score (nSPS) is 16.9. The molecule has 5 heteroatoms. The van der Waals surface area contributed by atoms with E-state index >= 15 is 0 Å². The summed E-state index contributed by atoms with van der Waals surface area (Å²) in [5.41, 5.74) is 3.08. The molecule has 0 radical (unpaired) electrons. The van der Waals surface area contributed by atoms with Crippen LogP contribution in [0.1, 0.15) is 24.1 Å². The number of nitrogens with one attached hydrogen (secondary N) is 1. The summed E-state index contributed by atoms with van der Waals surface area (Å²) in [6, 6.07) is 16.0. The molecule has 128 valence electrons. The van der Waals surface area contributed by atoms with Gasteiger partial charge in [-0.05, 0) is 55.5 Å². The molecule has 1 saturated heterocycles. The van der Waals surface area contributed by atoms with Gasteiger partial charge in [-0.2, -0.15) is 5.26 Å². The first-order valence-corrected chi connectivity index (χ1v) is 8.69. The zero-order chi connectivity index (χ0) is 17.5. The van der Waals surface area contributed by atoms with Gasteiger partial charge in [0.25, 0.3) is 0 Å². The Morgan fingerprint density at radius 1 is 1.24 bits per heavy atom. The Balaban J connectivity index is 1.52. The second kappa shape index (κ2) is 8.29. The van der Waals surface area contributed by atoms with Crippen molar-refractivity contribution in [3.8, 4) is 6.07 Å². The number of carbonyl (C=O) groups excluding carboxylic acids is 1. The zero-order valence-corrected chi connectivity index (χ0v) is 14.2. The van der Waals surface area contributed by atoms with Crippen LogP contribution in [0.5, 0.6) is 0 Å². The van der Waals surface area contributed by atoms with E-state index < -0.39 is 0 Å². The lowest BCUT2D eigenvalue weighted by atomic mass is 10.0. The molecule has 0 saturated carbocycles. The number of aryl methyl sites for hydroxylation is 2. The van der Waals surface area contributed by atoms with Gasteiger partial charge in [0.1, 0.15) is 0 Å². The van der Waals surface area contributed by atoms with Gasteiger partial charge in [0.2, 0.25) is 0 Å². The monoisotopic (exact) mass is 334 g/mol. The first kappa shape index (κ1) is 17.0. The van der Waals surface area contributed by atoms with E-state index in [1.807, 2.05) is 48.7 Å². The van der Waals surface area contributed by atoms with E-state index in [-0.39, 0.29) is 11.9 Å². The van der Waals surface area contributed by atoms with Crippen LogP contribution in [-0.2, 0) is 12.8 Å². The molecule has 0 spiro atoms. The molecule has 2 amide bonds. The number of anilines is 1. The Morgan fingerprint density at radius 3 is 2.80 bits per heavy atom. The number of likely N-dealkylation sites (tertiary alicyclic amines) is 1. The van der Waals surface area contributed by atoms with Crippen LogP contribution in [0.2, 0.25) is 0 Å². The van der Waals surface area contributed by atoms with Crippen molar-refractivity contribution >= 4 is 11.7 Å². The average molecular weight is 334 g/mol. The number of pyridine rings is 1. The maximum absolute atomic E-state index is 12.3. The minimum atomic E-state index is -0.124. The van der Waals surface area contributed by atoms with Gasteiger partial charge in [-0.1, -0.05) is 18.2 Å². The van der Waals surface area contributed by atoms with Gasteiger partial charge in [0.15, 0.2) is 0 Å². The third-order valence-corrected chi connectivity index (χ3v) is 4.49. The first-order chi connectivity index (χ1) is 12.2. The first-order valence-electron chi connectivity index (χ1n) is 8.69. The number of benzene rings is 1. The topological polar surface area (TPSA) is 69.0 Å². The molecule has 1 aromatic carbocycles. The Hall–Kier alpha value is -2.87. The van der Waals surface area contributed by atoms with Gasteiger partial charge in [-0.25, -0.2) is 4.79 Å². The highest BCUT2D eigenvalue weighted by molar-refractivity contribution is 5.89. The van der Waals surface area contributed by atoms with E-state index in [0.29, 0.717) is 13.1 Å². The minimum absolute atomic E-state index is 0.0477. The van der Waals surface area contributed by atoms with Crippen LogP contribution < -0.4 is 5.32 Å². The third-order valence-electron chi connectivity index (χ3n) is 4.49. The molecule has 1 aliphatic heterocycles. The molecular weight excluding hydrogens is 312 g/mol. The highest BCUT2D eigenvalue weighted by atomic mass is 16.2. The molecule has 1 N–H and O–H groups in total. The molecule has 3 rings (SSSR count). The molecule has 2 heterocycles. The van der Waals surface area contributed by atoms with Gasteiger partial charge in [-0.3, -0.25) is 4.98 Å². The lowest BCUT2D eigenvalue weighted by Gasteiger charge is -2.29. The summed E-state index contributed by atoms with van der Waals surface area (Å²) in [5, 5.41) is 12.0. The van der Waals surface area contributed by atoms with Gasteiger partial charge in [0, 0.05) is 30.7 Å². The summed E-state index contributed by atoms with van der Waals surface area (Å²) in [4.78, 5) is 18.4. The molecule has 5 nitrogen and oxygen atoms in total. The van der Waals surface area contributed by atoms with Gasteiger partial charge in [-0.15, -0.1) is 0 Å². The molecule has 25 heavy (non-hydrogen) atoms.